The largest absolute Gasteiger partial charge is 0.492 e. The van der Waals surface area contributed by atoms with Gasteiger partial charge in [-0.05, 0) is 37.6 Å². The Morgan fingerprint density at radius 3 is 2.58 bits per heavy atom. The summed E-state index contributed by atoms with van der Waals surface area (Å²) in [4.78, 5) is 16.7. The quantitative estimate of drug-likeness (QED) is 0.770. The standard InChI is InChI=1S/C22H26N2O2/c1-3-26-21-10-5-4-9-20(21)23-13-15-24(16-14-23)22(25)12-11-19-8-6-7-18(2)17-19/h4-12,17H,3,13-16H2,1-2H3/b12-11+. The number of hydrogen-bond acceptors (Lipinski definition) is 3. The maximum absolute atomic E-state index is 12.5. The zero-order chi connectivity index (χ0) is 18.4. The molecule has 1 amide bonds. The highest BCUT2D eigenvalue weighted by molar-refractivity contribution is 5.92. The summed E-state index contributed by atoms with van der Waals surface area (Å²) < 4.78 is 5.73. The van der Waals surface area contributed by atoms with Crippen LogP contribution in [0.15, 0.2) is 54.6 Å². The Bertz CT molecular complexity index is 777. The molecular weight excluding hydrogens is 324 g/mol. The van der Waals surface area contributed by atoms with Gasteiger partial charge in [0.25, 0.3) is 0 Å². The molecule has 0 aliphatic carbocycles. The minimum Gasteiger partial charge on any atom is -0.492 e. The molecule has 2 aromatic rings. The zero-order valence-corrected chi connectivity index (χ0v) is 15.5. The number of ether oxygens (including phenoxy) is 1. The van der Waals surface area contributed by atoms with Gasteiger partial charge in [0, 0.05) is 32.3 Å². The molecule has 0 spiro atoms. The second-order valence-electron chi connectivity index (χ2n) is 6.46. The maximum Gasteiger partial charge on any atom is 0.246 e. The van der Waals surface area contributed by atoms with Crippen molar-refractivity contribution in [2.24, 2.45) is 0 Å². The number of nitrogens with zero attached hydrogens (tertiary/aromatic N) is 2. The van der Waals surface area contributed by atoms with Gasteiger partial charge in [0.15, 0.2) is 0 Å². The minimum absolute atomic E-state index is 0.0734. The molecule has 1 saturated heterocycles. The molecular formula is C22H26N2O2. The summed E-state index contributed by atoms with van der Waals surface area (Å²) in [5.74, 6) is 0.985. The number of piperazine rings is 1. The van der Waals surface area contributed by atoms with E-state index in [2.05, 4.69) is 30.0 Å². The zero-order valence-electron chi connectivity index (χ0n) is 15.5. The van der Waals surface area contributed by atoms with Crippen LogP contribution in [0, 0.1) is 6.92 Å². The molecule has 0 N–H and O–H groups in total. The first kappa shape index (κ1) is 18.1. The molecule has 0 atom stereocenters. The predicted molar refractivity (Wildman–Crippen MR) is 107 cm³/mol. The fourth-order valence-corrected chi connectivity index (χ4v) is 3.21. The number of amides is 1. The lowest BCUT2D eigenvalue weighted by Gasteiger charge is -2.36. The van der Waals surface area contributed by atoms with Crippen molar-refractivity contribution in [2.75, 3.05) is 37.7 Å². The van der Waals surface area contributed by atoms with Crippen LogP contribution in [0.5, 0.6) is 5.75 Å². The van der Waals surface area contributed by atoms with Gasteiger partial charge < -0.3 is 14.5 Å². The van der Waals surface area contributed by atoms with Gasteiger partial charge in [0.1, 0.15) is 5.75 Å². The third-order valence-corrected chi connectivity index (χ3v) is 4.56. The van der Waals surface area contributed by atoms with E-state index in [-0.39, 0.29) is 5.91 Å². The number of hydrogen-bond donors (Lipinski definition) is 0. The number of benzene rings is 2. The first-order valence-corrected chi connectivity index (χ1v) is 9.18. The van der Waals surface area contributed by atoms with E-state index in [0.717, 1.165) is 43.2 Å². The lowest BCUT2D eigenvalue weighted by molar-refractivity contribution is -0.126. The molecule has 1 heterocycles. The molecule has 4 heteroatoms. The van der Waals surface area contributed by atoms with Crippen LogP contribution in [0.25, 0.3) is 6.08 Å². The first-order valence-electron chi connectivity index (χ1n) is 9.18. The van der Waals surface area contributed by atoms with Crippen molar-refractivity contribution in [1.82, 2.24) is 4.90 Å². The van der Waals surface area contributed by atoms with E-state index in [1.807, 2.05) is 48.2 Å². The first-order chi connectivity index (χ1) is 12.7. The summed E-state index contributed by atoms with van der Waals surface area (Å²) in [6.07, 6.45) is 3.57. The SMILES string of the molecule is CCOc1ccccc1N1CCN(C(=O)/C=C/c2cccc(C)c2)CC1. The highest BCUT2D eigenvalue weighted by Crippen LogP contribution is 2.28. The van der Waals surface area contributed by atoms with Crippen molar-refractivity contribution >= 4 is 17.7 Å². The predicted octanol–water partition coefficient (Wildman–Crippen LogP) is 3.76. The van der Waals surface area contributed by atoms with E-state index in [0.29, 0.717) is 6.61 Å². The molecule has 0 radical (unpaired) electrons. The third kappa shape index (κ3) is 4.45. The molecule has 136 valence electrons. The maximum atomic E-state index is 12.5. The van der Waals surface area contributed by atoms with Gasteiger partial charge in [0.05, 0.1) is 12.3 Å². The van der Waals surface area contributed by atoms with Crippen LogP contribution in [0.1, 0.15) is 18.1 Å². The van der Waals surface area contributed by atoms with Crippen LogP contribution in [-0.4, -0.2) is 43.6 Å². The monoisotopic (exact) mass is 350 g/mol. The number of carbonyl (C=O) groups is 1. The van der Waals surface area contributed by atoms with Gasteiger partial charge in [-0.15, -0.1) is 0 Å². The van der Waals surface area contributed by atoms with E-state index >= 15 is 0 Å². The van der Waals surface area contributed by atoms with Gasteiger partial charge in [-0.3, -0.25) is 4.79 Å². The summed E-state index contributed by atoms with van der Waals surface area (Å²) in [6, 6.07) is 16.3. The lowest BCUT2D eigenvalue weighted by atomic mass is 10.1. The molecule has 1 aliphatic heterocycles. The molecule has 3 rings (SSSR count). The highest BCUT2D eigenvalue weighted by atomic mass is 16.5. The van der Waals surface area contributed by atoms with Crippen molar-refractivity contribution in [3.05, 3.63) is 65.7 Å². The van der Waals surface area contributed by atoms with Gasteiger partial charge in [0.2, 0.25) is 5.91 Å². The van der Waals surface area contributed by atoms with E-state index < -0.39 is 0 Å². The number of carbonyl (C=O) groups excluding carboxylic acids is 1. The van der Waals surface area contributed by atoms with Crippen molar-refractivity contribution < 1.29 is 9.53 Å². The molecule has 26 heavy (non-hydrogen) atoms. The van der Waals surface area contributed by atoms with Crippen molar-refractivity contribution in [3.63, 3.8) is 0 Å². The Labute approximate surface area is 155 Å². The second kappa shape index (κ2) is 8.56. The smallest absolute Gasteiger partial charge is 0.246 e. The van der Waals surface area contributed by atoms with Crippen molar-refractivity contribution in [1.29, 1.82) is 0 Å². The average molecular weight is 350 g/mol. The summed E-state index contributed by atoms with van der Waals surface area (Å²) >= 11 is 0. The fourth-order valence-electron chi connectivity index (χ4n) is 3.21. The van der Waals surface area contributed by atoms with Crippen LogP contribution >= 0.6 is 0 Å². The van der Waals surface area contributed by atoms with Gasteiger partial charge >= 0.3 is 0 Å². The lowest BCUT2D eigenvalue weighted by Crippen LogP contribution is -2.48. The van der Waals surface area contributed by atoms with Gasteiger partial charge in [-0.25, -0.2) is 0 Å². The molecule has 2 aromatic carbocycles. The molecule has 4 nitrogen and oxygen atoms in total. The number of aryl methyl sites for hydroxylation is 1. The van der Waals surface area contributed by atoms with Crippen LogP contribution in [0.3, 0.4) is 0 Å². The third-order valence-electron chi connectivity index (χ3n) is 4.56. The number of para-hydroxylation sites is 2. The number of anilines is 1. The Morgan fingerprint density at radius 2 is 1.85 bits per heavy atom. The summed E-state index contributed by atoms with van der Waals surface area (Å²) in [6.45, 7) is 7.77. The summed E-state index contributed by atoms with van der Waals surface area (Å²) in [7, 11) is 0. The Hall–Kier alpha value is -2.75. The Morgan fingerprint density at radius 1 is 1.08 bits per heavy atom. The van der Waals surface area contributed by atoms with Crippen LogP contribution < -0.4 is 9.64 Å². The van der Waals surface area contributed by atoms with Crippen molar-refractivity contribution in [2.45, 2.75) is 13.8 Å². The van der Waals surface area contributed by atoms with E-state index in [1.54, 1.807) is 6.08 Å². The van der Waals surface area contributed by atoms with Crippen LogP contribution in [0.2, 0.25) is 0 Å². The average Bonchev–Trinajstić information content (AvgIpc) is 2.67. The van der Waals surface area contributed by atoms with Gasteiger partial charge in [-0.1, -0.05) is 42.0 Å². The normalized spacial score (nSPS) is 14.7. The van der Waals surface area contributed by atoms with Crippen LogP contribution in [-0.2, 0) is 4.79 Å². The van der Waals surface area contributed by atoms with Crippen molar-refractivity contribution in [3.8, 4) is 5.75 Å². The van der Waals surface area contributed by atoms with Gasteiger partial charge in [-0.2, -0.15) is 0 Å². The topological polar surface area (TPSA) is 32.8 Å². The minimum atomic E-state index is 0.0734. The molecule has 0 bridgehead atoms. The molecule has 1 aliphatic rings. The second-order valence-corrected chi connectivity index (χ2v) is 6.46. The molecule has 0 unspecified atom stereocenters. The van der Waals surface area contributed by atoms with E-state index in [9.17, 15) is 4.79 Å². The fraction of sp³-hybridized carbons (Fsp3) is 0.318. The highest BCUT2D eigenvalue weighted by Gasteiger charge is 2.21. The Kier molecular flexibility index (Phi) is 5.95. The Balaban J connectivity index is 1.59. The van der Waals surface area contributed by atoms with Crippen LogP contribution in [0.4, 0.5) is 5.69 Å². The number of rotatable bonds is 5. The van der Waals surface area contributed by atoms with E-state index in [1.165, 1.54) is 5.56 Å². The molecule has 0 aromatic heterocycles. The van der Waals surface area contributed by atoms with E-state index in [4.69, 9.17) is 4.74 Å². The molecule has 1 fully saturated rings. The summed E-state index contributed by atoms with van der Waals surface area (Å²) in [5.41, 5.74) is 3.36. The molecule has 0 saturated carbocycles. The summed E-state index contributed by atoms with van der Waals surface area (Å²) in [5, 5.41) is 0.